The summed E-state index contributed by atoms with van der Waals surface area (Å²) in [6.07, 6.45) is 0.693. The molecule has 0 aromatic heterocycles. The fraction of sp³-hybridized carbons (Fsp3) is 0.300. The molecule has 0 aliphatic rings. The molecular weight excluding hydrogens is 371 g/mol. The number of carbonyl (C=O) groups is 2. The zero-order chi connectivity index (χ0) is 19.1. The van der Waals surface area contributed by atoms with E-state index in [1.54, 1.807) is 30.1 Å². The minimum absolute atomic E-state index is 0.150. The van der Waals surface area contributed by atoms with Crippen LogP contribution in [0.2, 0.25) is 10.0 Å². The lowest BCUT2D eigenvalue weighted by atomic mass is 10.1. The maximum Gasteiger partial charge on any atom is 0.242 e. The number of benzene rings is 2. The average molecular weight is 393 g/mol. The van der Waals surface area contributed by atoms with Crippen molar-refractivity contribution < 1.29 is 9.59 Å². The Morgan fingerprint density at radius 2 is 1.65 bits per heavy atom. The van der Waals surface area contributed by atoms with E-state index in [1.807, 2.05) is 37.3 Å². The van der Waals surface area contributed by atoms with Crippen molar-refractivity contribution in [3.8, 4) is 0 Å². The van der Waals surface area contributed by atoms with Crippen molar-refractivity contribution in [2.75, 3.05) is 7.05 Å². The predicted molar refractivity (Wildman–Crippen MR) is 105 cm³/mol. The topological polar surface area (TPSA) is 49.4 Å². The number of nitrogens with one attached hydrogen (secondary N) is 1. The monoisotopic (exact) mass is 392 g/mol. The molecule has 138 valence electrons. The quantitative estimate of drug-likeness (QED) is 0.771. The molecule has 2 aromatic carbocycles. The number of amides is 2. The smallest absolute Gasteiger partial charge is 0.242 e. The van der Waals surface area contributed by atoms with Crippen LogP contribution in [0.3, 0.4) is 0 Å². The molecule has 1 N–H and O–H groups in total. The molecule has 0 spiro atoms. The Labute approximate surface area is 164 Å². The van der Waals surface area contributed by atoms with E-state index in [0.29, 0.717) is 22.0 Å². The lowest BCUT2D eigenvalue weighted by molar-refractivity contribution is -0.140. The van der Waals surface area contributed by atoms with Gasteiger partial charge in [0.1, 0.15) is 6.04 Å². The fourth-order valence-corrected chi connectivity index (χ4v) is 3.33. The molecule has 1 unspecified atom stereocenters. The van der Waals surface area contributed by atoms with Gasteiger partial charge >= 0.3 is 0 Å². The summed E-state index contributed by atoms with van der Waals surface area (Å²) in [6, 6.07) is 14.0. The number of likely N-dealkylation sites (N-methyl/N-ethyl adjacent to an activating group) is 1. The molecule has 0 aliphatic carbocycles. The second-order valence-electron chi connectivity index (χ2n) is 5.92. The zero-order valence-corrected chi connectivity index (χ0v) is 16.3. The molecule has 26 heavy (non-hydrogen) atoms. The van der Waals surface area contributed by atoms with Crippen LogP contribution in [0, 0.1) is 0 Å². The van der Waals surface area contributed by atoms with Gasteiger partial charge in [0.05, 0.1) is 6.42 Å². The predicted octanol–water partition coefficient (Wildman–Crippen LogP) is 4.09. The molecule has 2 amide bonds. The first-order valence-corrected chi connectivity index (χ1v) is 9.21. The number of carbonyl (C=O) groups excluding carboxylic acids is 2. The molecule has 0 heterocycles. The summed E-state index contributed by atoms with van der Waals surface area (Å²) in [7, 11) is 1.56. The van der Waals surface area contributed by atoms with Gasteiger partial charge in [0, 0.05) is 29.2 Å². The first-order chi connectivity index (χ1) is 12.5. The first kappa shape index (κ1) is 20.3. The third kappa shape index (κ3) is 4.99. The minimum Gasteiger partial charge on any atom is -0.357 e. The summed E-state index contributed by atoms with van der Waals surface area (Å²) in [5, 5.41) is 3.58. The molecule has 0 bridgehead atoms. The van der Waals surface area contributed by atoms with Gasteiger partial charge < -0.3 is 10.2 Å². The van der Waals surface area contributed by atoms with Gasteiger partial charge in [-0.3, -0.25) is 9.59 Å². The highest BCUT2D eigenvalue weighted by molar-refractivity contribution is 6.36. The number of nitrogens with zero attached hydrogens (tertiary/aromatic N) is 1. The van der Waals surface area contributed by atoms with Gasteiger partial charge in [-0.05, 0) is 24.1 Å². The van der Waals surface area contributed by atoms with Gasteiger partial charge in [-0.2, -0.15) is 0 Å². The highest BCUT2D eigenvalue weighted by Crippen LogP contribution is 2.27. The molecule has 0 fully saturated rings. The van der Waals surface area contributed by atoms with E-state index >= 15 is 0 Å². The Balaban J connectivity index is 2.34. The van der Waals surface area contributed by atoms with Crippen molar-refractivity contribution in [2.45, 2.75) is 32.4 Å². The summed E-state index contributed by atoms with van der Waals surface area (Å²) >= 11 is 12.6. The van der Waals surface area contributed by atoms with E-state index in [0.717, 1.165) is 5.56 Å². The van der Waals surface area contributed by atoms with Crippen molar-refractivity contribution >= 4 is 35.0 Å². The van der Waals surface area contributed by atoms with E-state index in [4.69, 9.17) is 23.2 Å². The zero-order valence-electron chi connectivity index (χ0n) is 14.8. The SMILES string of the molecule is CCC(C(=O)NC)N(Cc1c(Cl)cccc1Cl)C(=O)Cc1ccccc1. The van der Waals surface area contributed by atoms with Crippen LogP contribution >= 0.6 is 23.2 Å². The van der Waals surface area contributed by atoms with Crippen LogP contribution in [0.15, 0.2) is 48.5 Å². The summed E-state index contributed by atoms with van der Waals surface area (Å²) in [6.45, 7) is 2.05. The van der Waals surface area contributed by atoms with Gasteiger partial charge in [-0.1, -0.05) is 66.5 Å². The van der Waals surface area contributed by atoms with Crippen molar-refractivity contribution in [1.82, 2.24) is 10.2 Å². The Morgan fingerprint density at radius 3 is 2.19 bits per heavy atom. The van der Waals surface area contributed by atoms with Crippen LogP contribution < -0.4 is 5.32 Å². The number of rotatable bonds is 7. The van der Waals surface area contributed by atoms with Crippen molar-refractivity contribution in [3.63, 3.8) is 0 Å². The normalized spacial score (nSPS) is 11.7. The van der Waals surface area contributed by atoms with Gasteiger partial charge in [0.15, 0.2) is 0 Å². The van der Waals surface area contributed by atoms with Crippen LogP contribution in [0.1, 0.15) is 24.5 Å². The van der Waals surface area contributed by atoms with Gasteiger partial charge in [-0.15, -0.1) is 0 Å². The molecule has 6 heteroatoms. The number of hydrogen-bond donors (Lipinski definition) is 1. The third-order valence-corrected chi connectivity index (χ3v) is 4.93. The second kappa shape index (κ2) is 9.60. The molecule has 4 nitrogen and oxygen atoms in total. The Hall–Kier alpha value is -2.04. The van der Waals surface area contributed by atoms with E-state index in [1.165, 1.54) is 0 Å². The third-order valence-electron chi connectivity index (χ3n) is 4.22. The fourth-order valence-electron chi connectivity index (χ4n) is 2.81. The van der Waals surface area contributed by atoms with Crippen LogP contribution in [0.4, 0.5) is 0 Å². The van der Waals surface area contributed by atoms with Crippen molar-refractivity contribution in [2.24, 2.45) is 0 Å². The van der Waals surface area contributed by atoms with Crippen LogP contribution in [0.5, 0.6) is 0 Å². The molecule has 2 rings (SSSR count). The van der Waals surface area contributed by atoms with E-state index in [2.05, 4.69) is 5.32 Å². The first-order valence-electron chi connectivity index (χ1n) is 8.45. The summed E-state index contributed by atoms with van der Waals surface area (Å²) < 4.78 is 0. The van der Waals surface area contributed by atoms with Crippen molar-refractivity contribution in [3.05, 3.63) is 69.7 Å². The molecule has 2 aromatic rings. The average Bonchev–Trinajstić information content (AvgIpc) is 2.64. The lowest BCUT2D eigenvalue weighted by Gasteiger charge is -2.31. The van der Waals surface area contributed by atoms with E-state index < -0.39 is 6.04 Å². The largest absolute Gasteiger partial charge is 0.357 e. The van der Waals surface area contributed by atoms with Gasteiger partial charge in [0.2, 0.25) is 11.8 Å². The van der Waals surface area contributed by atoms with Crippen molar-refractivity contribution in [1.29, 1.82) is 0 Å². The molecule has 0 aliphatic heterocycles. The second-order valence-corrected chi connectivity index (χ2v) is 6.74. The molecule has 0 saturated carbocycles. The molecule has 1 atom stereocenters. The number of halogens is 2. The maximum atomic E-state index is 13.0. The molecule has 0 radical (unpaired) electrons. The maximum absolute atomic E-state index is 13.0. The summed E-state index contributed by atoms with van der Waals surface area (Å²) in [5.41, 5.74) is 1.53. The van der Waals surface area contributed by atoms with E-state index in [-0.39, 0.29) is 24.8 Å². The highest BCUT2D eigenvalue weighted by atomic mass is 35.5. The van der Waals surface area contributed by atoms with Crippen LogP contribution in [0.25, 0.3) is 0 Å². The molecule has 0 saturated heterocycles. The standard InChI is InChI=1S/C20H22Cl2N2O2/c1-3-18(20(26)23-2)24(13-15-16(21)10-7-11-17(15)22)19(25)12-14-8-5-4-6-9-14/h4-11,18H,3,12-13H2,1-2H3,(H,23,26). The summed E-state index contributed by atoms with van der Waals surface area (Å²) in [4.78, 5) is 26.9. The van der Waals surface area contributed by atoms with Crippen LogP contribution in [-0.2, 0) is 22.6 Å². The molecular formula is C20H22Cl2N2O2. The minimum atomic E-state index is -0.594. The van der Waals surface area contributed by atoms with E-state index in [9.17, 15) is 9.59 Å². The van der Waals surface area contributed by atoms with Gasteiger partial charge in [-0.25, -0.2) is 0 Å². The highest BCUT2D eigenvalue weighted by Gasteiger charge is 2.29. The Morgan fingerprint density at radius 1 is 1.04 bits per heavy atom. The summed E-state index contributed by atoms with van der Waals surface area (Å²) in [5.74, 6) is -0.361. The Kier molecular flexibility index (Phi) is 7.49. The van der Waals surface area contributed by atoms with Gasteiger partial charge in [0.25, 0.3) is 0 Å². The van der Waals surface area contributed by atoms with Crippen LogP contribution in [-0.4, -0.2) is 29.8 Å². The lowest BCUT2D eigenvalue weighted by Crippen LogP contribution is -2.48. The number of hydrogen-bond acceptors (Lipinski definition) is 2. The Bertz CT molecular complexity index is 745.